The van der Waals surface area contributed by atoms with Crippen LogP contribution in [0.2, 0.25) is 0 Å². The van der Waals surface area contributed by atoms with E-state index in [1.807, 2.05) is 26.2 Å². The molecular formula is C66H52BBr2ClF8N16O4S4. The van der Waals surface area contributed by atoms with Crippen LogP contribution in [0.3, 0.4) is 0 Å². The van der Waals surface area contributed by atoms with Crippen molar-refractivity contribution in [3.63, 3.8) is 0 Å². The van der Waals surface area contributed by atoms with E-state index >= 15 is 0 Å². The van der Waals surface area contributed by atoms with Crippen LogP contribution in [0.1, 0.15) is 20.7 Å². The predicted octanol–water partition coefficient (Wildman–Crippen LogP) is 15.1. The fourth-order valence-electron chi connectivity index (χ4n) is 9.11. The van der Waals surface area contributed by atoms with Crippen molar-refractivity contribution in [1.29, 1.82) is 0 Å². The first-order valence-electron chi connectivity index (χ1n) is 28.9. The Morgan fingerprint density at radius 3 is 1.05 bits per heavy atom. The Kier molecular flexibility index (Phi) is 27.0. The molecule has 0 aliphatic rings. The number of thiazole rings is 4. The largest absolute Gasteiger partial charge is 0.507 e. The summed E-state index contributed by atoms with van der Waals surface area (Å²) in [5, 5.41) is 38.2. The van der Waals surface area contributed by atoms with Gasteiger partial charge in [0.15, 0.2) is 20.5 Å². The lowest BCUT2D eigenvalue weighted by Crippen LogP contribution is -2.35. The van der Waals surface area contributed by atoms with E-state index in [0.29, 0.717) is 71.0 Å². The molecule has 0 unspecified atom stereocenters. The summed E-state index contributed by atoms with van der Waals surface area (Å²) in [4.78, 5) is 40.9. The number of amides is 1. The van der Waals surface area contributed by atoms with Gasteiger partial charge in [0, 0.05) is 69.0 Å². The number of aromatic nitrogens is 12. The number of aryl methyl sites for hydroxylation is 4. The Balaban J connectivity index is 0.000000162. The molecule has 0 atom stereocenters. The molecule has 8 heterocycles. The lowest BCUT2D eigenvalue weighted by atomic mass is 9.85. The predicted molar refractivity (Wildman–Crippen MR) is 392 cm³/mol. The summed E-state index contributed by atoms with van der Waals surface area (Å²) < 4.78 is 115. The Labute approximate surface area is 615 Å². The van der Waals surface area contributed by atoms with Crippen LogP contribution in [0.25, 0.3) is 76.7 Å². The molecule has 0 bridgehead atoms. The Bertz CT molecular complexity index is 5040. The van der Waals surface area contributed by atoms with E-state index in [1.165, 1.54) is 81.3 Å². The van der Waals surface area contributed by atoms with Crippen molar-refractivity contribution in [2.45, 2.75) is 0 Å². The van der Waals surface area contributed by atoms with Gasteiger partial charge in [-0.25, -0.2) is 55.1 Å². The van der Waals surface area contributed by atoms with Crippen LogP contribution in [0.15, 0.2) is 186 Å². The molecule has 6 aromatic carbocycles. The molecule has 36 heteroatoms. The van der Waals surface area contributed by atoms with Crippen LogP contribution in [-0.4, -0.2) is 87.4 Å². The molecule has 14 aromatic rings. The highest BCUT2D eigenvalue weighted by Crippen LogP contribution is 2.35. The third kappa shape index (κ3) is 19.7. The summed E-state index contributed by atoms with van der Waals surface area (Å²) >= 11 is 13.4. The zero-order chi connectivity index (χ0) is 72.8. The number of anilines is 4. The van der Waals surface area contributed by atoms with E-state index in [0.717, 1.165) is 66.6 Å². The molecule has 14 rings (SSSR count). The monoisotopic (exact) mass is 1620 g/mol. The average Bonchev–Trinajstić information content (AvgIpc) is 1.66. The van der Waals surface area contributed by atoms with Gasteiger partial charge in [0.2, 0.25) is 0 Å². The van der Waals surface area contributed by atoms with Crippen molar-refractivity contribution in [2.24, 2.45) is 28.2 Å². The van der Waals surface area contributed by atoms with Crippen molar-refractivity contribution >= 4 is 134 Å². The van der Waals surface area contributed by atoms with Gasteiger partial charge < -0.3 is 27.2 Å². The number of nitrogens with zero attached hydrogens (tertiary/aromatic N) is 12. The van der Waals surface area contributed by atoms with Crippen molar-refractivity contribution in [2.75, 3.05) is 22.5 Å². The quantitative estimate of drug-likeness (QED) is 0.0399. The van der Waals surface area contributed by atoms with Gasteiger partial charge in [0.05, 0.1) is 70.1 Å². The summed E-state index contributed by atoms with van der Waals surface area (Å²) in [6.45, 7) is 0. The molecule has 0 aliphatic heterocycles. The smallest absolute Gasteiger partial charge is 0.422 e. The number of halogens is 11. The molecular weight excluding hydrogens is 1570 g/mol. The Hall–Kier alpha value is -10.1. The van der Waals surface area contributed by atoms with Crippen molar-refractivity contribution in [3.8, 4) is 76.7 Å². The Morgan fingerprint density at radius 2 is 0.755 bits per heavy atom. The van der Waals surface area contributed by atoms with Gasteiger partial charge in [-0.15, -0.1) is 17.0 Å². The molecule has 9 N–H and O–H groups in total. The second-order valence-electron chi connectivity index (χ2n) is 20.6. The number of rotatable bonds is 11. The van der Waals surface area contributed by atoms with Gasteiger partial charge in [0.25, 0.3) is 11.1 Å². The maximum atomic E-state index is 14.0. The van der Waals surface area contributed by atoms with E-state index in [-0.39, 0.29) is 51.0 Å². The summed E-state index contributed by atoms with van der Waals surface area (Å²) in [6.07, 6.45) is 6.57. The summed E-state index contributed by atoms with van der Waals surface area (Å²) in [6, 6.07) is 38.8. The number of hydrogen-bond donors (Lipinski definition) is 6. The molecule has 20 nitrogen and oxygen atoms in total. The standard InChI is InChI=1S/C20H13F3N4OS.2C13H11FN4S.C10H10BFN2O2.C7H3ClF2O.C3H3BrN2S.BrH/c1-27-16(9-15(26-27)11-5-2-3-6-12(11)21)17-10-24-20(29-17)25-19(28)18-13(22)7-4-8-14(18)23;2*1-18-11(12-7-16-13(15)19-12)6-10(17-18)8-4-2-3-5-9(8)14;1-14-10(11(15)16)6-9(13-14)7-4-2-3-5-8(7)12;8-7(11)6-4(9)2-1-3-5(6)10;4-2-1-6-3(5)7-2;/h2-10H,1H3,(H,24,25,28);2*2-7H,1H3,(H2,15,16);2-6,15-16H,1H3;1-3H;1H,(H2,5,6);1H. The molecule has 0 saturated carbocycles. The third-order valence-electron chi connectivity index (χ3n) is 13.8. The Morgan fingerprint density at radius 1 is 0.441 bits per heavy atom. The second kappa shape index (κ2) is 35.5. The molecule has 8 aromatic heterocycles. The van der Waals surface area contributed by atoms with E-state index < -0.39 is 52.7 Å². The van der Waals surface area contributed by atoms with E-state index in [9.17, 15) is 44.7 Å². The first-order chi connectivity index (χ1) is 48.2. The third-order valence-corrected chi connectivity index (χ3v) is 17.9. The van der Waals surface area contributed by atoms with Gasteiger partial charge in [-0.2, -0.15) is 20.4 Å². The number of carbonyl (C=O) groups excluding carboxylic acids is 2. The fraction of sp³-hybridized carbons (Fsp3) is 0.0606. The molecule has 0 fully saturated rings. The van der Waals surface area contributed by atoms with Gasteiger partial charge in [-0.05, 0) is 125 Å². The maximum absolute atomic E-state index is 14.0. The van der Waals surface area contributed by atoms with Crippen LogP contribution >= 0.6 is 89.9 Å². The second-order valence-corrected chi connectivity index (χ2v) is 26.5. The van der Waals surface area contributed by atoms with E-state index in [1.54, 1.807) is 126 Å². The van der Waals surface area contributed by atoms with E-state index in [2.05, 4.69) is 61.6 Å². The van der Waals surface area contributed by atoms with Crippen LogP contribution in [-0.2, 0) is 28.2 Å². The molecule has 102 heavy (non-hydrogen) atoms. The van der Waals surface area contributed by atoms with Gasteiger partial charge in [-0.1, -0.05) is 106 Å². The van der Waals surface area contributed by atoms with Crippen LogP contribution in [0.4, 0.5) is 55.6 Å². The first-order valence-corrected chi connectivity index (χ1v) is 33.4. The minimum atomic E-state index is -1.61. The minimum Gasteiger partial charge on any atom is -0.422 e. The SMILES string of the molecule is Br.Cn1nc(-c2ccccc2F)cc1-c1cnc(N)s1.Cn1nc(-c2ccccc2F)cc1-c1cnc(N)s1.Cn1nc(-c2ccccc2F)cc1-c1cnc(NC(=O)c2c(F)cccc2F)s1.Cn1nc(-c2ccccc2F)cc1B(O)O.Nc1ncc(Br)s1.O=C(Cl)c1c(F)cccc1F. The highest BCUT2D eigenvalue weighted by atomic mass is 79.9. The van der Waals surface area contributed by atoms with Gasteiger partial charge in [0.1, 0.15) is 57.7 Å². The summed E-state index contributed by atoms with van der Waals surface area (Å²) in [7, 11) is 5.29. The topological polar surface area (TPSA) is 288 Å². The number of nitrogens with two attached hydrogens (primary N) is 3. The molecule has 0 saturated heterocycles. The molecule has 524 valence electrons. The fourth-order valence-corrected chi connectivity index (χ4v) is 12.6. The number of nitrogens with one attached hydrogen (secondary N) is 1. The summed E-state index contributed by atoms with van der Waals surface area (Å²) in [5.74, 6) is -6.07. The number of nitrogen functional groups attached to an aromatic ring is 3. The van der Waals surface area contributed by atoms with Gasteiger partial charge >= 0.3 is 7.12 Å². The zero-order valence-electron chi connectivity index (χ0n) is 53.0. The van der Waals surface area contributed by atoms with Crippen LogP contribution in [0, 0.1) is 46.5 Å². The van der Waals surface area contributed by atoms with Crippen molar-refractivity contribution in [1.82, 2.24) is 59.1 Å². The maximum Gasteiger partial charge on any atom is 0.507 e. The van der Waals surface area contributed by atoms with Crippen molar-refractivity contribution < 1.29 is 54.8 Å². The highest BCUT2D eigenvalue weighted by molar-refractivity contribution is 9.11. The normalized spacial score (nSPS) is 10.5. The van der Waals surface area contributed by atoms with Crippen LogP contribution in [0.5, 0.6) is 0 Å². The lowest BCUT2D eigenvalue weighted by Gasteiger charge is -2.04. The lowest BCUT2D eigenvalue weighted by molar-refractivity contribution is 0.101. The zero-order valence-corrected chi connectivity index (χ0v) is 60.3. The summed E-state index contributed by atoms with van der Waals surface area (Å²) in [5.41, 5.74) is 21.4. The molecule has 0 spiro atoms. The average molecular weight is 1620 g/mol. The van der Waals surface area contributed by atoms with Crippen molar-refractivity contribution in [3.05, 3.63) is 244 Å². The number of hydrogen-bond acceptors (Lipinski definition) is 19. The first kappa shape index (κ1) is 77.6. The number of benzene rings is 6. The molecule has 0 radical (unpaired) electrons. The molecule has 1 amide bonds. The van der Waals surface area contributed by atoms with Crippen LogP contribution < -0.4 is 28.1 Å². The highest BCUT2D eigenvalue weighted by Gasteiger charge is 2.23. The van der Waals surface area contributed by atoms with Gasteiger partial charge in [-0.3, -0.25) is 33.6 Å². The molecule has 0 aliphatic carbocycles. The van der Waals surface area contributed by atoms with E-state index in [4.69, 9.17) is 38.8 Å². The minimum absolute atomic E-state index is 0. The number of carbonyl (C=O) groups is 2.